The first-order valence-electron chi connectivity index (χ1n) is 14.2. The van der Waals surface area contributed by atoms with Crippen molar-refractivity contribution < 1.29 is 28.5 Å². The van der Waals surface area contributed by atoms with E-state index in [1.54, 1.807) is 24.3 Å². The number of carbonyl (C=O) groups excluding carboxylic acids is 2. The third kappa shape index (κ3) is 8.10. The summed E-state index contributed by atoms with van der Waals surface area (Å²) in [5, 5.41) is 2.78. The Morgan fingerprint density at radius 1 is 0.705 bits per heavy atom. The monoisotopic (exact) mass is 591 g/mol. The van der Waals surface area contributed by atoms with Crippen molar-refractivity contribution in [3.8, 4) is 17.4 Å². The van der Waals surface area contributed by atoms with Gasteiger partial charge in [0.15, 0.2) is 0 Å². The first-order chi connectivity index (χ1) is 21.5. The second-order valence-corrected chi connectivity index (χ2v) is 10.00. The summed E-state index contributed by atoms with van der Waals surface area (Å²) in [4.78, 5) is 34.5. The lowest BCUT2D eigenvalue weighted by atomic mass is 10.0. The topological polar surface area (TPSA) is 109 Å². The van der Waals surface area contributed by atoms with Crippen molar-refractivity contribution >= 4 is 22.9 Å². The summed E-state index contributed by atoms with van der Waals surface area (Å²) in [6, 6.07) is 30.7. The molecule has 9 nitrogen and oxygen atoms in total. The van der Waals surface area contributed by atoms with E-state index < -0.39 is 17.9 Å². The van der Waals surface area contributed by atoms with Crippen molar-refractivity contribution in [1.29, 1.82) is 0 Å². The van der Waals surface area contributed by atoms with Gasteiger partial charge in [-0.1, -0.05) is 54.6 Å². The smallest absolute Gasteiger partial charge is 0.328 e. The quantitative estimate of drug-likeness (QED) is 0.142. The molecule has 0 unspecified atom stereocenters. The number of fused-ring (bicyclic) bond motifs is 1. The Hall–Kier alpha value is -5.44. The maximum absolute atomic E-state index is 13.0. The highest BCUT2D eigenvalue weighted by atomic mass is 16.5. The van der Waals surface area contributed by atoms with E-state index in [-0.39, 0.29) is 19.6 Å². The van der Waals surface area contributed by atoms with Crippen LogP contribution in [0.3, 0.4) is 0 Å². The molecule has 5 rings (SSSR count). The molecule has 9 heteroatoms. The van der Waals surface area contributed by atoms with E-state index in [0.717, 1.165) is 22.2 Å². The van der Waals surface area contributed by atoms with Crippen LogP contribution < -0.4 is 19.5 Å². The lowest BCUT2D eigenvalue weighted by Gasteiger charge is -2.17. The van der Waals surface area contributed by atoms with Gasteiger partial charge < -0.3 is 24.3 Å². The molecule has 44 heavy (non-hydrogen) atoms. The first-order valence-corrected chi connectivity index (χ1v) is 14.2. The average Bonchev–Trinajstić information content (AvgIpc) is 3.06. The molecule has 1 amide bonds. The highest BCUT2D eigenvalue weighted by Crippen LogP contribution is 2.19. The number of carbonyl (C=O) groups is 2. The number of hydrogen-bond acceptors (Lipinski definition) is 8. The standard InChI is InChI=1S/C35H33N3O6/c1-24-34(38-31-11-7-6-10-30(31)36-24)43-21-20-42-28-18-14-27(15-19-28)33(39)37-32(35(40)41-2)22-25-12-16-29(17-13-25)44-23-26-8-4-3-5-9-26/h3-19,32H,20-23H2,1-2H3,(H,37,39)/t32-/m0/s1. The number of hydrogen-bond donors (Lipinski definition) is 1. The summed E-state index contributed by atoms with van der Waals surface area (Å²) in [5.74, 6) is 0.817. The number of aromatic nitrogens is 2. The van der Waals surface area contributed by atoms with Gasteiger partial charge in [-0.05, 0) is 66.6 Å². The highest BCUT2D eigenvalue weighted by Gasteiger charge is 2.23. The van der Waals surface area contributed by atoms with Gasteiger partial charge in [0.25, 0.3) is 5.91 Å². The van der Waals surface area contributed by atoms with Gasteiger partial charge in [-0.2, -0.15) is 0 Å². The molecule has 5 aromatic rings. The molecule has 224 valence electrons. The van der Waals surface area contributed by atoms with Crippen LogP contribution >= 0.6 is 0 Å². The summed E-state index contributed by atoms with van der Waals surface area (Å²) >= 11 is 0. The van der Waals surface area contributed by atoms with Crippen molar-refractivity contribution in [3.63, 3.8) is 0 Å². The Kier molecular flexibility index (Phi) is 9.99. The van der Waals surface area contributed by atoms with Gasteiger partial charge in [0.1, 0.15) is 43.1 Å². The number of rotatable bonds is 13. The third-order valence-corrected chi connectivity index (χ3v) is 6.81. The molecule has 0 aliphatic rings. The van der Waals surface area contributed by atoms with Crippen LogP contribution in [0.5, 0.6) is 17.4 Å². The van der Waals surface area contributed by atoms with Gasteiger partial charge in [0.05, 0.1) is 18.1 Å². The molecule has 0 radical (unpaired) electrons. The molecule has 0 bridgehead atoms. The van der Waals surface area contributed by atoms with E-state index in [9.17, 15) is 9.59 Å². The molecule has 0 aliphatic carbocycles. The van der Waals surface area contributed by atoms with E-state index >= 15 is 0 Å². The molecule has 1 aromatic heterocycles. The number of ether oxygens (including phenoxy) is 4. The number of nitrogens with one attached hydrogen (secondary N) is 1. The van der Waals surface area contributed by atoms with Gasteiger partial charge in [-0.3, -0.25) is 4.79 Å². The molecule has 1 atom stereocenters. The third-order valence-electron chi connectivity index (χ3n) is 6.81. The normalized spacial score (nSPS) is 11.4. The molecular weight excluding hydrogens is 558 g/mol. The molecule has 0 fully saturated rings. The Morgan fingerprint density at radius 3 is 2.02 bits per heavy atom. The van der Waals surface area contributed by atoms with Crippen molar-refractivity contribution in [1.82, 2.24) is 15.3 Å². The highest BCUT2D eigenvalue weighted by molar-refractivity contribution is 5.97. The minimum absolute atomic E-state index is 0.264. The fourth-order valence-corrected chi connectivity index (χ4v) is 4.48. The van der Waals surface area contributed by atoms with Gasteiger partial charge in [-0.25, -0.2) is 14.8 Å². The van der Waals surface area contributed by atoms with Crippen LogP contribution in [-0.2, 0) is 22.6 Å². The molecular formula is C35H33N3O6. The molecule has 1 N–H and O–H groups in total. The second-order valence-electron chi connectivity index (χ2n) is 10.00. The Morgan fingerprint density at radius 2 is 1.32 bits per heavy atom. The number of amides is 1. The van der Waals surface area contributed by atoms with Gasteiger partial charge in [0, 0.05) is 12.0 Å². The minimum Gasteiger partial charge on any atom is -0.490 e. The predicted octanol–water partition coefficient (Wildman–Crippen LogP) is 5.49. The minimum atomic E-state index is -0.863. The molecule has 1 heterocycles. The average molecular weight is 592 g/mol. The van der Waals surface area contributed by atoms with E-state index in [0.29, 0.717) is 35.2 Å². The zero-order valence-corrected chi connectivity index (χ0v) is 24.6. The van der Waals surface area contributed by atoms with Crippen LogP contribution in [0.25, 0.3) is 11.0 Å². The van der Waals surface area contributed by atoms with Crippen molar-refractivity contribution in [2.45, 2.75) is 26.0 Å². The zero-order chi connectivity index (χ0) is 30.7. The zero-order valence-electron chi connectivity index (χ0n) is 24.6. The Bertz CT molecular complexity index is 1690. The van der Waals surface area contributed by atoms with Crippen molar-refractivity contribution in [3.05, 3.63) is 126 Å². The van der Waals surface area contributed by atoms with E-state index in [1.807, 2.05) is 85.8 Å². The SMILES string of the molecule is COC(=O)[C@H](Cc1ccc(OCc2ccccc2)cc1)NC(=O)c1ccc(OCCOc2nc3ccccc3nc2C)cc1. The lowest BCUT2D eigenvalue weighted by molar-refractivity contribution is -0.142. The van der Waals surface area contributed by atoms with Gasteiger partial charge in [0.2, 0.25) is 5.88 Å². The number of nitrogens with zero attached hydrogens (tertiary/aromatic N) is 2. The fraction of sp³-hybridized carbons (Fsp3) is 0.200. The van der Waals surface area contributed by atoms with Crippen molar-refractivity contribution in [2.75, 3.05) is 20.3 Å². The molecule has 0 aliphatic heterocycles. The summed E-state index contributed by atoms with van der Waals surface area (Å²) in [6.07, 6.45) is 0.264. The summed E-state index contributed by atoms with van der Waals surface area (Å²) in [5.41, 5.74) is 4.59. The number of benzene rings is 4. The van der Waals surface area contributed by atoms with E-state index in [2.05, 4.69) is 15.3 Å². The molecule has 0 saturated heterocycles. The van der Waals surface area contributed by atoms with E-state index in [4.69, 9.17) is 18.9 Å². The molecule has 0 spiro atoms. The summed E-state index contributed by atoms with van der Waals surface area (Å²) < 4.78 is 22.3. The van der Waals surface area contributed by atoms with Crippen LogP contribution in [0.2, 0.25) is 0 Å². The number of para-hydroxylation sites is 2. The van der Waals surface area contributed by atoms with Crippen LogP contribution in [0, 0.1) is 6.92 Å². The predicted molar refractivity (Wildman–Crippen MR) is 166 cm³/mol. The first kappa shape index (κ1) is 30.0. The number of aryl methyl sites for hydroxylation is 1. The Labute approximate surface area is 255 Å². The largest absolute Gasteiger partial charge is 0.490 e. The lowest BCUT2D eigenvalue weighted by Crippen LogP contribution is -2.43. The van der Waals surface area contributed by atoms with Gasteiger partial charge in [-0.15, -0.1) is 0 Å². The van der Waals surface area contributed by atoms with Crippen molar-refractivity contribution in [2.24, 2.45) is 0 Å². The number of esters is 1. The summed E-state index contributed by atoms with van der Waals surface area (Å²) in [6.45, 7) is 2.86. The van der Waals surface area contributed by atoms with Crippen LogP contribution in [0.1, 0.15) is 27.2 Å². The van der Waals surface area contributed by atoms with E-state index in [1.165, 1.54) is 7.11 Å². The number of methoxy groups -OCH3 is 1. The maximum Gasteiger partial charge on any atom is 0.328 e. The molecule has 0 saturated carbocycles. The van der Waals surface area contributed by atoms with Crippen LogP contribution in [0.15, 0.2) is 103 Å². The Balaban J connectivity index is 1.10. The van der Waals surface area contributed by atoms with Crippen LogP contribution in [-0.4, -0.2) is 48.2 Å². The van der Waals surface area contributed by atoms with Crippen LogP contribution in [0.4, 0.5) is 0 Å². The maximum atomic E-state index is 13.0. The fourth-order valence-electron chi connectivity index (χ4n) is 4.48. The second kappa shape index (κ2) is 14.6. The molecule has 4 aromatic carbocycles. The van der Waals surface area contributed by atoms with Gasteiger partial charge >= 0.3 is 5.97 Å². The summed E-state index contributed by atoms with van der Waals surface area (Å²) in [7, 11) is 1.30.